The second-order valence-corrected chi connectivity index (χ2v) is 4.40. The zero-order valence-corrected chi connectivity index (χ0v) is 10.4. The Morgan fingerprint density at radius 2 is 2.12 bits per heavy atom. The molecule has 0 radical (unpaired) electrons. The molecule has 0 bridgehead atoms. The lowest BCUT2D eigenvalue weighted by atomic mass is 10.0. The van der Waals surface area contributed by atoms with Gasteiger partial charge in [-0.3, -0.25) is 9.78 Å². The van der Waals surface area contributed by atoms with Gasteiger partial charge in [0.05, 0.1) is 0 Å². The van der Waals surface area contributed by atoms with Crippen LogP contribution in [0.3, 0.4) is 0 Å². The summed E-state index contributed by atoms with van der Waals surface area (Å²) in [5.41, 5.74) is 3.70. The highest BCUT2D eigenvalue weighted by atomic mass is 79.9. The lowest BCUT2D eigenvalue weighted by molar-refractivity contribution is 0.112. The number of aryl methyl sites for hydroxylation is 1. The van der Waals surface area contributed by atoms with Gasteiger partial charge in [-0.1, -0.05) is 28.1 Å². The maximum Gasteiger partial charge on any atom is 0.152 e. The van der Waals surface area contributed by atoms with Crippen LogP contribution in [0.1, 0.15) is 15.9 Å². The molecule has 80 valence electrons. The van der Waals surface area contributed by atoms with Gasteiger partial charge in [-0.25, -0.2) is 0 Å². The van der Waals surface area contributed by atoms with E-state index in [0.717, 1.165) is 21.9 Å². The average molecular weight is 276 g/mol. The number of halogens is 1. The fourth-order valence-electron chi connectivity index (χ4n) is 1.52. The van der Waals surface area contributed by atoms with E-state index >= 15 is 0 Å². The summed E-state index contributed by atoms with van der Waals surface area (Å²) in [6.07, 6.45) is 4.10. The molecule has 3 heteroatoms. The number of carbonyl (C=O) groups excluding carboxylic acids is 1. The van der Waals surface area contributed by atoms with Crippen LogP contribution in [0.5, 0.6) is 0 Å². The fourth-order valence-corrected chi connectivity index (χ4v) is 1.90. The molecule has 2 aromatic rings. The molecule has 1 heterocycles. The van der Waals surface area contributed by atoms with E-state index in [-0.39, 0.29) is 0 Å². The molecule has 1 aromatic carbocycles. The van der Waals surface area contributed by atoms with Crippen LogP contribution in [0.15, 0.2) is 41.1 Å². The standard InChI is InChI=1S/C13H10BrNO/c1-9-2-3-10(6-13(9)14)12-4-5-15-7-11(12)8-16/h2-8H,1H3. The quantitative estimate of drug-likeness (QED) is 0.784. The molecule has 2 rings (SSSR count). The third kappa shape index (κ3) is 2.04. The molecular weight excluding hydrogens is 266 g/mol. The van der Waals surface area contributed by atoms with Gasteiger partial charge in [-0.15, -0.1) is 0 Å². The van der Waals surface area contributed by atoms with Crippen LogP contribution in [-0.4, -0.2) is 11.3 Å². The van der Waals surface area contributed by atoms with Gasteiger partial charge < -0.3 is 0 Å². The number of benzene rings is 1. The van der Waals surface area contributed by atoms with E-state index in [1.54, 1.807) is 12.4 Å². The van der Waals surface area contributed by atoms with Crippen LogP contribution in [0, 0.1) is 6.92 Å². The van der Waals surface area contributed by atoms with Crippen LogP contribution in [-0.2, 0) is 0 Å². The molecule has 0 aliphatic rings. The molecule has 0 unspecified atom stereocenters. The number of aldehydes is 1. The van der Waals surface area contributed by atoms with Crippen LogP contribution in [0.25, 0.3) is 11.1 Å². The minimum Gasteiger partial charge on any atom is -0.298 e. The SMILES string of the molecule is Cc1ccc(-c2ccncc2C=O)cc1Br. The molecule has 0 amide bonds. The lowest BCUT2D eigenvalue weighted by Gasteiger charge is -2.06. The first-order chi connectivity index (χ1) is 7.72. The number of aromatic nitrogens is 1. The van der Waals surface area contributed by atoms with Crippen molar-refractivity contribution in [3.05, 3.63) is 52.3 Å². The number of pyridine rings is 1. The molecule has 0 saturated heterocycles. The zero-order valence-electron chi connectivity index (χ0n) is 8.77. The molecule has 0 aliphatic heterocycles. The molecule has 0 spiro atoms. The van der Waals surface area contributed by atoms with E-state index < -0.39 is 0 Å². The molecular formula is C13H10BrNO. The molecule has 0 saturated carbocycles. The van der Waals surface area contributed by atoms with Crippen molar-refractivity contribution in [2.75, 3.05) is 0 Å². The van der Waals surface area contributed by atoms with Crippen molar-refractivity contribution in [1.82, 2.24) is 4.98 Å². The van der Waals surface area contributed by atoms with Gasteiger partial charge in [0, 0.05) is 22.4 Å². The van der Waals surface area contributed by atoms with Gasteiger partial charge in [-0.05, 0) is 35.7 Å². The maximum atomic E-state index is 10.9. The van der Waals surface area contributed by atoms with Crippen molar-refractivity contribution in [1.29, 1.82) is 0 Å². The Hall–Kier alpha value is -1.48. The number of rotatable bonds is 2. The first-order valence-corrected chi connectivity index (χ1v) is 5.67. The average Bonchev–Trinajstić information content (AvgIpc) is 2.32. The van der Waals surface area contributed by atoms with Crippen molar-refractivity contribution < 1.29 is 4.79 Å². The molecule has 16 heavy (non-hydrogen) atoms. The Morgan fingerprint density at radius 3 is 2.81 bits per heavy atom. The van der Waals surface area contributed by atoms with Crippen molar-refractivity contribution in [2.45, 2.75) is 6.92 Å². The smallest absolute Gasteiger partial charge is 0.152 e. The Morgan fingerprint density at radius 1 is 1.31 bits per heavy atom. The highest BCUT2D eigenvalue weighted by Crippen LogP contribution is 2.26. The Bertz CT molecular complexity index is 537. The van der Waals surface area contributed by atoms with Gasteiger partial charge >= 0.3 is 0 Å². The first kappa shape index (κ1) is 11.0. The fraction of sp³-hybridized carbons (Fsp3) is 0.0769. The Labute approximate surface area is 102 Å². The van der Waals surface area contributed by atoms with Crippen LogP contribution < -0.4 is 0 Å². The minimum absolute atomic E-state index is 0.609. The van der Waals surface area contributed by atoms with Gasteiger partial charge in [-0.2, -0.15) is 0 Å². The van der Waals surface area contributed by atoms with Gasteiger partial charge in [0.1, 0.15) is 0 Å². The third-order valence-corrected chi connectivity index (χ3v) is 3.32. The summed E-state index contributed by atoms with van der Waals surface area (Å²) in [4.78, 5) is 14.8. The van der Waals surface area contributed by atoms with Crippen molar-refractivity contribution in [3.63, 3.8) is 0 Å². The topological polar surface area (TPSA) is 30.0 Å². The summed E-state index contributed by atoms with van der Waals surface area (Å²) in [6.45, 7) is 2.03. The first-order valence-electron chi connectivity index (χ1n) is 4.88. The Kier molecular flexibility index (Phi) is 3.15. The number of nitrogens with zero attached hydrogens (tertiary/aromatic N) is 1. The maximum absolute atomic E-state index is 10.9. The predicted octanol–water partition coefficient (Wildman–Crippen LogP) is 3.63. The molecule has 0 fully saturated rings. The second-order valence-electron chi connectivity index (χ2n) is 3.54. The number of carbonyl (C=O) groups is 1. The van der Waals surface area contributed by atoms with E-state index in [0.29, 0.717) is 5.56 Å². The van der Waals surface area contributed by atoms with Crippen molar-refractivity contribution in [3.8, 4) is 11.1 Å². The van der Waals surface area contributed by atoms with E-state index in [2.05, 4.69) is 20.9 Å². The van der Waals surface area contributed by atoms with Crippen LogP contribution in [0.4, 0.5) is 0 Å². The summed E-state index contributed by atoms with van der Waals surface area (Å²) in [5.74, 6) is 0. The molecule has 0 aliphatic carbocycles. The van der Waals surface area contributed by atoms with E-state index in [9.17, 15) is 4.79 Å². The summed E-state index contributed by atoms with van der Waals surface area (Å²) in [5, 5.41) is 0. The molecule has 0 N–H and O–H groups in total. The number of hydrogen-bond acceptors (Lipinski definition) is 2. The van der Waals surface area contributed by atoms with Crippen LogP contribution >= 0.6 is 15.9 Å². The highest BCUT2D eigenvalue weighted by Gasteiger charge is 2.05. The van der Waals surface area contributed by atoms with Gasteiger partial charge in [0.25, 0.3) is 0 Å². The monoisotopic (exact) mass is 275 g/mol. The van der Waals surface area contributed by atoms with E-state index in [4.69, 9.17) is 0 Å². The van der Waals surface area contributed by atoms with Crippen LogP contribution in [0.2, 0.25) is 0 Å². The van der Waals surface area contributed by atoms with Gasteiger partial charge in [0.2, 0.25) is 0 Å². The van der Waals surface area contributed by atoms with E-state index in [1.165, 1.54) is 5.56 Å². The summed E-state index contributed by atoms with van der Waals surface area (Å²) in [7, 11) is 0. The van der Waals surface area contributed by atoms with E-state index in [1.807, 2.05) is 31.2 Å². The largest absolute Gasteiger partial charge is 0.298 e. The Balaban J connectivity index is 2.58. The summed E-state index contributed by atoms with van der Waals surface area (Å²) < 4.78 is 1.04. The predicted molar refractivity (Wildman–Crippen MR) is 67.5 cm³/mol. The summed E-state index contributed by atoms with van der Waals surface area (Å²) in [6, 6.07) is 7.88. The third-order valence-electron chi connectivity index (χ3n) is 2.46. The second kappa shape index (κ2) is 4.58. The highest BCUT2D eigenvalue weighted by molar-refractivity contribution is 9.10. The molecule has 0 atom stereocenters. The lowest BCUT2D eigenvalue weighted by Crippen LogP contribution is -1.89. The number of hydrogen-bond donors (Lipinski definition) is 0. The zero-order chi connectivity index (χ0) is 11.5. The summed E-state index contributed by atoms with van der Waals surface area (Å²) >= 11 is 3.49. The van der Waals surface area contributed by atoms with Crippen molar-refractivity contribution in [2.24, 2.45) is 0 Å². The minimum atomic E-state index is 0.609. The molecule has 2 nitrogen and oxygen atoms in total. The normalized spacial score (nSPS) is 10.1. The van der Waals surface area contributed by atoms with Crippen molar-refractivity contribution >= 4 is 22.2 Å². The van der Waals surface area contributed by atoms with Gasteiger partial charge in [0.15, 0.2) is 6.29 Å². The molecule has 1 aromatic heterocycles.